The predicted molar refractivity (Wildman–Crippen MR) is 52.1 cm³/mol. The zero-order valence-electron chi connectivity index (χ0n) is 7.89. The van der Waals surface area contributed by atoms with Crippen molar-refractivity contribution in [3.63, 3.8) is 0 Å². The van der Waals surface area contributed by atoms with E-state index in [0.717, 1.165) is 5.56 Å². The Morgan fingerprint density at radius 1 is 1.46 bits per heavy atom. The molecule has 1 unspecified atom stereocenters. The monoisotopic (exact) mass is 177 g/mol. The highest BCUT2D eigenvalue weighted by Gasteiger charge is 2.26. The summed E-state index contributed by atoms with van der Waals surface area (Å²) in [5, 5.41) is 0. The highest BCUT2D eigenvalue weighted by molar-refractivity contribution is 5.36. The van der Waals surface area contributed by atoms with Gasteiger partial charge in [0.25, 0.3) is 0 Å². The van der Waals surface area contributed by atoms with E-state index in [9.17, 15) is 4.39 Å². The van der Waals surface area contributed by atoms with Gasteiger partial charge in [0.1, 0.15) is 5.82 Å². The van der Waals surface area contributed by atoms with E-state index in [1.165, 1.54) is 18.4 Å². The van der Waals surface area contributed by atoms with Crippen LogP contribution in [0.3, 0.4) is 0 Å². The van der Waals surface area contributed by atoms with Gasteiger partial charge >= 0.3 is 0 Å². The molecule has 0 spiro atoms. The van der Waals surface area contributed by atoms with Crippen LogP contribution in [0.4, 0.5) is 4.39 Å². The fraction of sp³-hybridized carbons (Fsp3) is 0.417. The van der Waals surface area contributed by atoms with Gasteiger partial charge in [0.15, 0.2) is 0 Å². The van der Waals surface area contributed by atoms with Crippen LogP contribution in [0.15, 0.2) is 18.2 Å². The first-order valence-electron chi connectivity index (χ1n) is 4.81. The lowest BCUT2D eigenvalue weighted by Crippen LogP contribution is -1.95. The minimum atomic E-state index is -0.144. The second-order valence-corrected chi connectivity index (χ2v) is 3.95. The number of benzene rings is 1. The number of hydrogen-bond donors (Lipinski definition) is 0. The average molecular weight is 177 g/mol. The van der Waals surface area contributed by atoms with E-state index in [1.807, 2.05) is 13.0 Å². The molecule has 1 aromatic rings. The van der Waals surface area contributed by atoms with Gasteiger partial charge in [-0.25, -0.2) is 4.39 Å². The van der Waals surface area contributed by atoms with Crippen molar-refractivity contribution in [2.45, 2.75) is 31.6 Å². The molecule has 0 nitrogen and oxygen atoms in total. The normalized spacial score (nSPS) is 16.6. The van der Waals surface area contributed by atoms with Gasteiger partial charge in [0.05, 0.1) is 0 Å². The van der Waals surface area contributed by atoms with Gasteiger partial charge in [-0.3, -0.25) is 0 Å². The average Bonchev–Trinajstić information content (AvgIpc) is 2.87. The molecule has 69 valence electrons. The largest absolute Gasteiger partial charge is 0.207 e. The first-order valence-corrected chi connectivity index (χ1v) is 4.81. The molecular weight excluding hydrogens is 163 g/mol. The van der Waals surface area contributed by atoms with Crippen molar-refractivity contribution in [3.05, 3.63) is 42.1 Å². The zero-order valence-corrected chi connectivity index (χ0v) is 7.89. The zero-order chi connectivity index (χ0) is 9.42. The molecule has 1 heteroatoms. The Kier molecular flexibility index (Phi) is 2.10. The van der Waals surface area contributed by atoms with E-state index >= 15 is 0 Å². The number of halogens is 1. The summed E-state index contributed by atoms with van der Waals surface area (Å²) in [4.78, 5) is 0. The molecule has 1 saturated carbocycles. The third-order valence-corrected chi connectivity index (χ3v) is 2.60. The molecular formula is C12H14F. The number of rotatable bonds is 2. The van der Waals surface area contributed by atoms with E-state index < -0.39 is 0 Å². The van der Waals surface area contributed by atoms with Crippen molar-refractivity contribution in [1.82, 2.24) is 0 Å². The molecule has 0 heterocycles. The first-order chi connectivity index (χ1) is 6.18. The third-order valence-electron chi connectivity index (χ3n) is 2.60. The van der Waals surface area contributed by atoms with Crippen molar-refractivity contribution in [2.75, 3.05) is 0 Å². The fourth-order valence-corrected chi connectivity index (χ4v) is 1.74. The first kappa shape index (κ1) is 8.74. The van der Waals surface area contributed by atoms with Crippen LogP contribution < -0.4 is 0 Å². The van der Waals surface area contributed by atoms with Gasteiger partial charge in [0.2, 0.25) is 0 Å². The Labute approximate surface area is 78.8 Å². The van der Waals surface area contributed by atoms with Crippen LogP contribution in [-0.2, 0) is 0 Å². The molecule has 1 fully saturated rings. The molecule has 0 bridgehead atoms. The Morgan fingerprint density at radius 2 is 2.15 bits per heavy atom. The topological polar surface area (TPSA) is 0 Å². The van der Waals surface area contributed by atoms with Crippen LogP contribution in [0.25, 0.3) is 0 Å². The summed E-state index contributed by atoms with van der Waals surface area (Å²) in [7, 11) is 0. The van der Waals surface area contributed by atoms with Gasteiger partial charge in [0, 0.05) is 0 Å². The highest BCUT2D eigenvalue weighted by Crippen LogP contribution is 2.43. The Morgan fingerprint density at radius 3 is 2.69 bits per heavy atom. The minimum Gasteiger partial charge on any atom is -0.207 e. The third kappa shape index (κ3) is 1.74. The van der Waals surface area contributed by atoms with Gasteiger partial charge in [-0.2, -0.15) is 0 Å². The summed E-state index contributed by atoms with van der Waals surface area (Å²) in [5.74, 6) is 0.723. The van der Waals surface area contributed by atoms with Crippen molar-refractivity contribution >= 4 is 0 Å². The second-order valence-electron chi connectivity index (χ2n) is 3.95. The summed E-state index contributed by atoms with van der Waals surface area (Å²) in [5.41, 5.74) is 2.39. The maximum Gasteiger partial charge on any atom is 0.123 e. The SMILES string of the molecule is [CH2]C(C)c1cc(F)ccc1C1CC1. The molecule has 1 aliphatic carbocycles. The van der Waals surface area contributed by atoms with Crippen molar-refractivity contribution in [3.8, 4) is 0 Å². The van der Waals surface area contributed by atoms with E-state index in [1.54, 1.807) is 12.1 Å². The lowest BCUT2D eigenvalue weighted by Gasteiger charge is -2.11. The summed E-state index contributed by atoms with van der Waals surface area (Å²) in [6, 6.07) is 5.11. The molecule has 0 saturated heterocycles. The maximum absolute atomic E-state index is 13.0. The van der Waals surface area contributed by atoms with E-state index in [0.29, 0.717) is 5.92 Å². The summed E-state index contributed by atoms with van der Waals surface area (Å²) in [6.07, 6.45) is 2.51. The second kappa shape index (κ2) is 3.13. The van der Waals surface area contributed by atoms with Crippen LogP contribution in [-0.4, -0.2) is 0 Å². The summed E-state index contributed by atoms with van der Waals surface area (Å²) < 4.78 is 13.0. The molecule has 1 aliphatic rings. The van der Waals surface area contributed by atoms with E-state index in [-0.39, 0.29) is 11.7 Å². The Hall–Kier alpha value is -0.850. The van der Waals surface area contributed by atoms with Crippen LogP contribution in [0.2, 0.25) is 0 Å². The lowest BCUT2D eigenvalue weighted by molar-refractivity contribution is 0.623. The number of hydrogen-bond acceptors (Lipinski definition) is 0. The van der Waals surface area contributed by atoms with Crippen LogP contribution in [0.1, 0.15) is 42.7 Å². The Bertz CT molecular complexity index is 311. The summed E-state index contributed by atoms with van der Waals surface area (Å²) in [6.45, 7) is 5.97. The van der Waals surface area contributed by atoms with E-state index in [2.05, 4.69) is 6.92 Å². The molecule has 2 rings (SSSR count). The van der Waals surface area contributed by atoms with Crippen molar-refractivity contribution < 1.29 is 4.39 Å². The molecule has 0 amide bonds. The quantitative estimate of drug-likeness (QED) is 0.647. The Balaban J connectivity index is 2.41. The molecule has 0 N–H and O–H groups in total. The van der Waals surface area contributed by atoms with Crippen LogP contribution in [0.5, 0.6) is 0 Å². The smallest absolute Gasteiger partial charge is 0.123 e. The molecule has 1 radical (unpaired) electrons. The fourth-order valence-electron chi connectivity index (χ4n) is 1.74. The van der Waals surface area contributed by atoms with Gasteiger partial charge in [-0.15, -0.1) is 0 Å². The molecule has 0 aliphatic heterocycles. The predicted octanol–water partition coefficient (Wildman–Crippen LogP) is 3.64. The molecule has 0 aromatic heterocycles. The highest BCUT2D eigenvalue weighted by atomic mass is 19.1. The standard InChI is InChI=1S/C12H14F/c1-8(2)12-7-10(13)5-6-11(12)9-3-4-9/h5-9H,1,3-4H2,2H3. The molecule has 13 heavy (non-hydrogen) atoms. The molecule has 1 aromatic carbocycles. The van der Waals surface area contributed by atoms with Gasteiger partial charge in [-0.05, 0) is 54.9 Å². The van der Waals surface area contributed by atoms with Crippen molar-refractivity contribution in [2.24, 2.45) is 0 Å². The van der Waals surface area contributed by atoms with Gasteiger partial charge in [-0.1, -0.05) is 13.0 Å². The van der Waals surface area contributed by atoms with E-state index in [4.69, 9.17) is 0 Å². The minimum absolute atomic E-state index is 0.144. The van der Waals surface area contributed by atoms with Crippen LogP contribution in [0, 0.1) is 12.7 Å². The summed E-state index contributed by atoms with van der Waals surface area (Å²) >= 11 is 0. The van der Waals surface area contributed by atoms with Gasteiger partial charge < -0.3 is 0 Å². The lowest BCUT2D eigenvalue weighted by atomic mass is 9.94. The molecule has 1 atom stereocenters. The van der Waals surface area contributed by atoms with Crippen LogP contribution >= 0.6 is 0 Å². The van der Waals surface area contributed by atoms with Crippen molar-refractivity contribution in [1.29, 1.82) is 0 Å². The maximum atomic E-state index is 13.0.